The molecule has 0 spiro atoms. The Labute approximate surface area is 125 Å². The van der Waals surface area contributed by atoms with Gasteiger partial charge in [-0.15, -0.1) is 0 Å². The molecule has 2 aromatic heterocycles. The van der Waals surface area contributed by atoms with Gasteiger partial charge in [0.25, 0.3) is 0 Å². The van der Waals surface area contributed by atoms with Crippen molar-refractivity contribution in [3.8, 4) is 11.3 Å². The topological polar surface area (TPSA) is 76.9 Å². The van der Waals surface area contributed by atoms with Gasteiger partial charge in [-0.2, -0.15) is 5.10 Å². The number of pyridine rings is 1. The minimum atomic E-state index is -3.16. The molecule has 2 aromatic rings. The molecule has 0 saturated carbocycles. The van der Waals surface area contributed by atoms with Crippen LogP contribution in [0.4, 0.5) is 0 Å². The first-order chi connectivity index (χ1) is 10.1. The molecule has 21 heavy (non-hydrogen) atoms. The van der Waals surface area contributed by atoms with Crippen molar-refractivity contribution in [2.24, 2.45) is 0 Å². The Kier molecular flexibility index (Phi) is 5.46. The number of hydrogen-bond acceptors (Lipinski definition) is 4. The van der Waals surface area contributed by atoms with Crippen LogP contribution in [0.1, 0.15) is 19.8 Å². The molecule has 0 saturated heterocycles. The Morgan fingerprint density at radius 1 is 1.24 bits per heavy atom. The molecule has 0 atom stereocenters. The highest BCUT2D eigenvalue weighted by molar-refractivity contribution is 7.89. The van der Waals surface area contributed by atoms with Gasteiger partial charge < -0.3 is 0 Å². The van der Waals surface area contributed by atoms with Crippen LogP contribution in [0.25, 0.3) is 11.3 Å². The van der Waals surface area contributed by atoms with Crippen LogP contribution in [0.5, 0.6) is 0 Å². The molecule has 0 aromatic carbocycles. The van der Waals surface area contributed by atoms with Crippen LogP contribution in [0.3, 0.4) is 0 Å². The average molecular weight is 308 g/mol. The quantitative estimate of drug-likeness (QED) is 0.804. The summed E-state index contributed by atoms with van der Waals surface area (Å²) in [6, 6.07) is 5.68. The Morgan fingerprint density at radius 3 is 2.71 bits per heavy atom. The van der Waals surface area contributed by atoms with Gasteiger partial charge in [0.1, 0.15) is 0 Å². The Hall–Kier alpha value is -1.73. The number of hydrogen-bond donors (Lipinski definition) is 1. The van der Waals surface area contributed by atoms with Gasteiger partial charge >= 0.3 is 0 Å². The van der Waals surface area contributed by atoms with Crippen LogP contribution in [0, 0.1) is 0 Å². The molecular formula is C14H20N4O2S. The van der Waals surface area contributed by atoms with Gasteiger partial charge in [0.15, 0.2) is 0 Å². The lowest BCUT2D eigenvalue weighted by Crippen LogP contribution is -2.29. The van der Waals surface area contributed by atoms with Crippen LogP contribution in [0.15, 0.2) is 36.8 Å². The number of rotatable bonds is 8. The molecule has 0 amide bonds. The maximum Gasteiger partial charge on any atom is 0.211 e. The molecule has 0 fully saturated rings. The molecule has 114 valence electrons. The SMILES string of the molecule is CCCCS(=O)(=O)NCCn1ccc(-c2ccncc2)n1. The fraction of sp³-hybridized carbons (Fsp3) is 0.429. The maximum absolute atomic E-state index is 11.7. The van der Waals surface area contributed by atoms with E-state index in [-0.39, 0.29) is 5.75 Å². The largest absolute Gasteiger partial charge is 0.271 e. The molecule has 0 unspecified atom stereocenters. The van der Waals surface area contributed by atoms with E-state index >= 15 is 0 Å². The zero-order valence-corrected chi connectivity index (χ0v) is 12.9. The summed E-state index contributed by atoms with van der Waals surface area (Å²) in [5.41, 5.74) is 1.85. The Morgan fingerprint density at radius 2 is 2.00 bits per heavy atom. The standard InChI is InChI=1S/C14H20N4O2S/c1-2-3-12-21(19,20)16-9-11-18-10-6-14(17-18)13-4-7-15-8-5-13/h4-8,10,16H,2-3,9,11-12H2,1H3. The number of sulfonamides is 1. The molecule has 1 N–H and O–H groups in total. The average Bonchev–Trinajstić information content (AvgIpc) is 2.95. The highest BCUT2D eigenvalue weighted by Crippen LogP contribution is 2.14. The second kappa shape index (κ2) is 7.33. The van der Waals surface area contributed by atoms with E-state index in [0.29, 0.717) is 19.5 Å². The summed E-state index contributed by atoms with van der Waals surface area (Å²) < 4.78 is 27.6. The summed E-state index contributed by atoms with van der Waals surface area (Å²) >= 11 is 0. The lowest BCUT2D eigenvalue weighted by Gasteiger charge is -2.06. The van der Waals surface area contributed by atoms with Crippen molar-refractivity contribution in [1.29, 1.82) is 0 Å². The summed E-state index contributed by atoms with van der Waals surface area (Å²) in [6.45, 7) is 2.83. The molecule has 2 rings (SSSR count). The Bertz CT molecular complexity index is 653. The van der Waals surface area contributed by atoms with Gasteiger partial charge in [0.2, 0.25) is 10.0 Å². The molecule has 2 heterocycles. The smallest absolute Gasteiger partial charge is 0.211 e. The van der Waals surface area contributed by atoms with E-state index in [2.05, 4.69) is 14.8 Å². The Balaban J connectivity index is 1.86. The number of nitrogens with one attached hydrogen (secondary N) is 1. The molecule has 0 radical (unpaired) electrons. The molecule has 0 bridgehead atoms. The highest BCUT2D eigenvalue weighted by Gasteiger charge is 2.08. The van der Waals surface area contributed by atoms with Gasteiger partial charge in [-0.25, -0.2) is 13.1 Å². The minimum Gasteiger partial charge on any atom is -0.271 e. The zero-order valence-electron chi connectivity index (χ0n) is 12.1. The van der Waals surface area contributed by atoms with Gasteiger partial charge in [-0.05, 0) is 24.6 Å². The van der Waals surface area contributed by atoms with E-state index < -0.39 is 10.0 Å². The van der Waals surface area contributed by atoms with Gasteiger partial charge in [0, 0.05) is 30.7 Å². The third-order valence-corrected chi connectivity index (χ3v) is 4.52. The monoisotopic (exact) mass is 308 g/mol. The van der Waals surface area contributed by atoms with Crippen molar-refractivity contribution in [2.45, 2.75) is 26.3 Å². The van der Waals surface area contributed by atoms with E-state index in [4.69, 9.17) is 0 Å². The molecule has 0 aliphatic rings. The first kappa shape index (κ1) is 15.7. The summed E-state index contributed by atoms with van der Waals surface area (Å²) in [7, 11) is -3.16. The molecular weight excluding hydrogens is 288 g/mol. The number of nitrogens with zero attached hydrogens (tertiary/aromatic N) is 3. The van der Waals surface area contributed by atoms with Crippen molar-refractivity contribution < 1.29 is 8.42 Å². The van der Waals surface area contributed by atoms with E-state index in [9.17, 15) is 8.42 Å². The van der Waals surface area contributed by atoms with Crippen LogP contribution in [0.2, 0.25) is 0 Å². The van der Waals surface area contributed by atoms with Crippen molar-refractivity contribution in [3.05, 3.63) is 36.8 Å². The second-order valence-electron chi connectivity index (χ2n) is 4.77. The van der Waals surface area contributed by atoms with Crippen molar-refractivity contribution in [1.82, 2.24) is 19.5 Å². The molecule has 6 nitrogen and oxygen atoms in total. The lowest BCUT2D eigenvalue weighted by molar-refractivity contribution is 0.559. The van der Waals surface area contributed by atoms with Crippen molar-refractivity contribution in [2.75, 3.05) is 12.3 Å². The minimum absolute atomic E-state index is 0.185. The highest BCUT2D eigenvalue weighted by atomic mass is 32.2. The van der Waals surface area contributed by atoms with Gasteiger partial charge in [-0.3, -0.25) is 9.67 Å². The summed E-state index contributed by atoms with van der Waals surface area (Å²) in [5, 5.41) is 4.42. The van der Waals surface area contributed by atoms with Crippen molar-refractivity contribution in [3.63, 3.8) is 0 Å². The van der Waals surface area contributed by atoms with Crippen LogP contribution >= 0.6 is 0 Å². The van der Waals surface area contributed by atoms with Crippen LogP contribution < -0.4 is 4.72 Å². The third-order valence-electron chi connectivity index (χ3n) is 3.05. The van der Waals surface area contributed by atoms with E-state index in [0.717, 1.165) is 17.7 Å². The summed E-state index contributed by atoms with van der Waals surface area (Å²) in [4.78, 5) is 3.97. The summed E-state index contributed by atoms with van der Waals surface area (Å²) in [5.74, 6) is 0.185. The van der Waals surface area contributed by atoms with Crippen LogP contribution in [-0.2, 0) is 16.6 Å². The number of aromatic nitrogens is 3. The zero-order chi connectivity index (χ0) is 15.1. The molecule has 0 aliphatic carbocycles. The first-order valence-electron chi connectivity index (χ1n) is 7.02. The normalized spacial score (nSPS) is 11.7. The van der Waals surface area contributed by atoms with E-state index in [1.165, 1.54) is 0 Å². The van der Waals surface area contributed by atoms with Gasteiger partial charge in [-0.1, -0.05) is 13.3 Å². The maximum atomic E-state index is 11.7. The molecule has 0 aliphatic heterocycles. The number of unbranched alkanes of at least 4 members (excludes halogenated alkanes) is 1. The first-order valence-corrected chi connectivity index (χ1v) is 8.67. The lowest BCUT2D eigenvalue weighted by atomic mass is 10.2. The fourth-order valence-corrected chi connectivity index (χ4v) is 3.10. The van der Waals surface area contributed by atoms with E-state index in [1.54, 1.807) is 17.1 Å². The summed E-state index contributed by atoms with van der Waals surface area (Å²) in [6.07, 6.45) is 6.83. The van der Waals surface area contributed by atoms with Crippen LogP contribution in [-0.4, -0.2) is 35.5 Å². The van der Waals surface area contributed by atoms with E-state index in [1.807, 2.05) is 31.3 Å². The van der Waals surface area contributed by atoms with Gasteiger partial charge in [0.05, 0.1) is 18.0 Å². The predicted molar refractivity (Wildman–Crippen MR) is 82.2 cm³/mol. The second-order valence-corrected chi connectivity index (χ2v) is 6.69. The fourth-order valence-electron chi connectivity index (χ4n) is 1.89. The third kappa shape index (κ3) is 4.95. The predicted octanol–water partition coefficient (Wildman–Crippen LogP) is 1.66. The van der Waals surface area contributed by atoms with Crippen molar-refractivity contribution >= 4 is 10.0 Å². The molecule has 7 heteroatoms.